The van der Waals surface area contributed by atoms with Crippen molar-refractivity contribution in [3.05, 3.63) is 41.4 Å². The largest absolute Gasteiger partial charge is 0.443 e. The Bertz CT molecular complexity index is 629. The normalized spacial score (nSPS) is 9.59. The summed E-state index contributed by atoms with van der Waals surface area (Å²) in [6, 6.07) is 9.46. The average molecular weight is 223 g/mol. The van der Waals surface area contributed by atoms with Crippen LogP contribution in [0.1, 0.15) is 16.8 Å². The number of hydrogen-bond acceptors (Lipinski definition) is 4. The van der Waals surface area contributed by atoms with E-state index in [0.29, 0.717) is 11.3 Å². The molecule has 0 aliphatic carbocycles. The molecule has 0 bridgehead atoms. The first-order valence-electron chi connectivity index (χ1n) is 5.06. The van der Waals surface area contributed by atoms with Crippen LogP contribution in [0.15, 0.2) is 29.0 Å². The fraction of sp³-hybridized carbons (Fsp3) is 0.154. The summed E-state index contributed by atoms with van der Waals surface area (Å²) in [7, 11) is 0. The molecule has 0 saturated carbocycles. The summed E-state index contributed by atoms with van der Waals surface area (Å²) in [5.74, 6) is 0.657. The molecule has 17 heavy (non-hydrogen) atoms. The predicted octanol–water partition coefficient (Wildman–Crippen LogP) is 2.59. The zero-order valence-corrected chi connectivity index (χ0v) is 9.27. The van der Waals surface area contributed by atoms with Gasteiger partial charge in [0, 0.05) is 5.56 Å². The van der Waals surface area contributed by atoms with Crippen LogP contribution in [0.3, 0.4) is 0 Å². The second kappa shape index (κ2) is 4.51. The van der Waals surface area contributed by atoms with Gasteiger partial charge in [-0.25, -0.2) is 4.98 Å². The summed E-state index contributed by atoms with van der Waals surface area (Å²) in [4.78, 5) is 4.01. The molecule has 1 heterocycles. The number of benzene rings is 1. The molecule has 2 rings (SSSR count). The average Bonchev–Trinajstić information content (AvgIpc) is 2.76. The molecule has 0 unspecified atom stereocenters. The molecule has 0 saturated heterocycles. The summed E-state index contributed by atoms with van der Waals surface area (Å²) >= 11 is 0. The summed E-state index contributed by atoms with van der Waals surface area (Å²) in [6.45, 7) is 1.84. The van der Waals surface area contributed by atoms with Crippen LogP contribution in [0, 0.1) is 29.6 Å². The SMILES string of the molecule is Cc1ncoc1-c1ccc(CC#N)c(C#N)c1. The molecule has 0 radical (unpaired) electrons. The van der Waals surface area contributed by atoms with Crippen molar-refractivity contribution in [3.8, 4) is 23.5 Å². The number of nitriles is 2. The second-order valence-electron chi connectivity index (χ2n) is 3.59. The lowest BCUT2D eigenvalue weighted by atomic mass is 10.0. The van der Waals surface area contributed by atoms with Gasteiger partial charge in [-0.2, -0.15) is 10.5 Å². The topological polar surface area (TPSA) is 73.6 Å². The maximum Gasteiger partial charge on any atom is 0.181 e. The van der Waals surface area contributed by atoms with E-state index in [9.17, 15) is 0 Å². The van der Waals surface area contributed by atoms with Gasteiger partial charge in [0.2, 0.25) is 0 Å². The first-order valence-corrected chi connectivity index (χ1v) is 5.06. The molecular formula is C13H9N3O. The Morgan fingerprint density at radius 1 is 1.35 bits per heavy atom. The summed E-state index contributed by atoms with van der Waals surface area (Å²) in [6.07, 6.45) is 1.61. The van der Waals surface area contributed by atoms with Gasteiger partial charge in [-0.1, -0.05) is 12.1 Å². The third-order valence-corrected chi connectivity index (χ3v) is 2.51. The minimum Gasteiger partial charge on any atom is -0.443 e. The van der Waals surface area contributed by atoms with E-state index in [0.717, 1.165) is 16.8 Å². The highest BCUT2D eigenvalue weighted by Crippen LogP contribution is 2.25. The summed E-state index contributed by atoms with van der Waals surface area (Å²) in [5.41, 5.74) is 2.82. The molecule has 1 aromatic carbocycles. The maximum atomic E-state index is 9.03. The van der Waals surface area contributed by atoms with Crippen molar-refractivity contribution in [2.45, 2.75) is 13.3 Å². The third-order valence-electron chi connectivity index (χ3n) is 2.51. The minimum absolute atomic E-state index is 0.235. The molecule has 4 heteroatoms. The Labute approximate surface area is 98.7 Å². The molecule has 0 aliphatic heterocycles. The molecule has 1 aromatic heterocycles. The second-order valence-corrected chi connectivity index (χ2v) is 3.59. The van der Waals surface area contributed by atoms with Gasteiger partial charge in [-0.05, 0) is 18.6 Å². The van der Waals surface area contributed by atoms with E-state index in [1.54, 1.807) is 12.1 Å². The third kappa shape index (κ3) is 2.02. The zero-order valence-electron chi connectivity index (χ0n) is 9.27. The van der Waals surface area contributed by atoms with Gasteiger partial charge in [-0.3, -0.25) is 0 Å². The lowest BCUT2D eigenvalue weighted by Gasteiger charge is -2.02. The standard InChI is InChI=1S/C13H9N3O/c1-9-13(17-8-16-9)11-3-2-10(4-5-14)12(6-11)7-15/h2-3,6,8H,4H2,1H3. The van der Waals surface area contributed by atoms with Crippen LogP contribution in [-0.2, 0) is 6.42 Å². The molecule has 0 amide bonds. The number of aromatic nitrogens is 1. The molecule has 2 aromatic rings. The van der Waals surface area contributed by atoms with Crippen LogP contribution in [0.5, 0.6) is 0 Å². The van der Waals surface area contributed by atoms with E-state index in [1.165, 1.54) is 6.39 Å². The number of rotatable bonds is 2. The van der Waals surface area contributed by atoms with E-state index in [4.69, 9.17) is 14.9 Å². The van der Waals surface area contributed by atoms with Gasteiger partial charge in [0.1, 0.15) is 0 Å². The van der Waals surface area contributed by atoms with Crippen LogP contribution in [0.25, 0.3) is 11.3 Å². The van der Waals surface area contributed by atoms with Gasteiger partial charge >= 0.3 is 0 Å². The number of oxazole rings is 1. The van der Waals surface area contributed by atoms with Crippen molar-refractivity contribution in [1.82, 2.24) is 4.98 Å². The Hall–Kier alpha value is -2.59. The highest BCUT2D eigenvalue weighted by Gasteiger charge is 2.09. The molecule has 82 valence electrons. The monoisotopic (exact) mass is 223 g/mol. The van der Waals surface area contributed by atoms with Crippen LogP contribution in [0.2, 0.25) is 0 Å². The van der Waals surface area contributed by atoms with Gasteiger partial charge in [0.15, 0.2) is 12.2 Å². The molecule has 0 N–H and O–H groups in total. The van der Waals surface area contributed by atoms with Crippen LogP contribution in [0.4, 0.5) is 0 Å². The lowest BCUT2D eigenvalue weighted by Crippen LogP contribution is -1.90. The van der Waals surface area contributed by atoms with Crippen LogP contribution >= 0.6 is 0 Å². The molecule has 0 atom stereocenters. The van der Waals surface area contributed by atoms with Crippen molar-refractivity contribution in [1.29, 1.82) is 10.5 Å². The number of aryl methyl sites for hydroxylation is 1. The maximum absolute atomic E-state index is 9.03. The first-order chi connectivity index (χ1) is 8.26. The van der Waals surface area contributed by atoms with Crippen molar-refractivity contribution >= 4 is 0 Å². The molecule has 4 nitrogen and oxygen atoms in total. The first kappa shape index (κ1) is 10.9. The highest BCUT2D eigenvalue weighted by atomic mass is 16.3. The summed E-state index contributed by atoms with van der Waals surface area (Å²) < 4.78 is 5.26. The van der Waals surface area contributed by atoms with Crippen molar-refractivity contribution in [2.75, 3.05) is 0 Å². The Morgan fingerprint density at radius 3 is 2.76 bits per heavy atom. The number of hydrogen-bond donors (Lipinski definition) is 0. The lowest BCUT2D eigenvalue weighted by molar-refractivity contribution is 0.571. The van der Waals surface area contributed by atoms with Crippen LogP contribution in [-0.4, -0.2) is 4.98 Å². The molecule has 0 fully saturated rings. The smallest absolute Gasteiger partial charge is 0.181 e. The van der Waals surface area contributed by atoms with Gasteiger partial charge < -0.3 is 4.42 Å². The highest BCUT2D eigenvalue weighted by molar-refractivity contribution is 5.63. The fourth-order valence-corrected chi connectivity index (χ4v) is 1.64. The predicted molar refractivity (Wildman–Crippen MR) is 60.7 cm³/mol. The van der Waals surface area contributed by atoms with Gasteiger partial charge in [0.05, 0.1) is 29.8 Å². The Morgan fingerprint density at radius 2 is 2.18 bits per heavy atom. The zero-order chi connectivity index (χ0) is 12.3. The van der Waals surface area contributed by atoms with E-state index < -0.39 is 0 Å². The van der Waals surface area contributed by atoms with E-state index in [-0.39, 0.29) is 6.42 Å². The number of nitrogens with zero attached hydrogens (tertiary/aromatic N) is 3. The minimum atomic E-state index is 0.235. The Kier molecular flexibility index (Phi) is 2.89. The molecule has 0 spiro atoms. The van der Waals surface area contributed by atoms with E-state index in [2.05, 4.69) is 11.1 Å². The van der Waals surface area contributed by atoms with Crippen molar-refractivity contribution < 1.29 is 4.42 Å². The van der Waals surface area contributed by atoms with Gasteiger partial charge in [-0.15, -0.1) is 0 Å². The van der Waals surface area contributed by atoms with Crippen molar-refractivity contribution in [2.24, 2.45) is 0 Å². The molecule has 0 aliphatic rings. The summed E-state index contributed by atoms with van der Waals surface area (Å²) in [5, 5.41) is 17.7. The quantitative estimate of drug-likeness (QED) is 0.784. The van der Waals surface area contributed by atoms with Gasteiger partial charge in [0.25, 0.3) is 0 Å². The van der Waals surface area contributed by atoms with Crippen molar-refractivity contribution in [3.63, 3.8) is 0 Å². The van der Waals surface area contributed by atoms with E-state index >= 15 is 0 Å². The Balaban J connectivity index is 2.50. The molecular weight excluding hydrogens is 214 g/mol. The van der Waals surface area contributed by atoms with E-state index in [1.807, 2.05) is 19.1 Å². The van der Waals surface area contributed by atoms with Crippen LogP contribution < -0.4 is 0 Å². The fourth-order valence-electron chi connectivity index (χ4n) is 1.64.